The number of nitrogen functional groups attached to an aromatic ring is 1. The van der Waals surface area contributed by atoms with Gasteiger partial charge in [-0.3, -0.25) is 9.69 Å². The minimum absolute atomic E-state index is 0.0549. The van der Waals surface area contributed by atoms with E-state index in [-0.39, 0.29) is 17.9 Å². The zero-order chi connectivity index (χ0) is 18.0. The number of pyridine rings is 1. The van der Waals surface area contributed by atoms with Crippen LogP contribution in [0.15, 0.2) is 49.2 Å². The third-order valence-corrected chi connectivity index (χ3v) is 4.94. The first-order valence-corrected chi connectivity index (χ1v) is 8.80. The number of hydrogen-bond acceptors (Lipinski definition) is 3. The van der Waals surface area contributed by atoms with Crippen LogP contribution in [0, 0.1) is 12.8 Å². The van der Waals surface area contributed by atoms with E-state index in [4.69, 9.17) is 17.3 Å². The second-order valence-electron chi connectivity index (χ2n) is 6.48. The largest absolute Gasteiger partial charge is 0.397 e. The van der Waals surface area contributed by atoms with E-state index in [1.54, 1.807) is 6.20 Å². The lowest BCUT2D eigenvalue weighted by Gasteiger charge is -2.39. The molecule has 2 N–H and O–H groups in total. The average Bonchev–Trinajstić information content (AvgIpc) is 2.58. The number of hydrogen-bond donors (Lipinski definition) is 1. The van der Waals surface area contributed by atoms with Gasteiger partial charge in [0.2, 0.25) is 5.91 Å². The molecule has 2 heterocycles. The van der Waals surface area contributed by atoms with E-state index in [1.807, 2.05) is 48.2 Å². The minimum atomic E-state index is -0.0557. The second kappa shape index (κ2) is 7.28. The Hall–Kier alpha value is -2.33. The van der Waals surface area contributed by atoms with E-state index in [0.717, 1.165) is 24.0 Å². The summed E-state index contributed by atoms with van der Waals surface area (Å²) in [6.07, 6.45) is 5.80. The van der Waals surface area contributed by atoms with E-state index >= 15 is 0 Å². The molecule has 130 valence electrons. The van der Waals surface area contributed by atoms with Gasteiger partial charge in [0.1, 0.15) is 5.82 Å². The monoisotopic (exact) mass is 355 g/mol. The molecular weight excluding hydrogens is 334 g/mol. The Morgan fingerprint density at radius 3 is 2.72 bits per heavy atom. The van der Waals surface area contributed by atoms with Crippen LogP contribution in [-0.2, 0) is 4.79 Å². The number of carbonyl (C=O) groups excluding carboxylic acids is 1. The highest BCUT2D eigenvalue weighted by atomic mass is 35.5. The fraction of sp³-hybridized carbons (Fsp3) is 0.300. The molecule has 0 radical (unpaired) electrons. The fourth-order valence-corrected chi connectivity index (χ4v) is 3.60. The number of rotatable bonds is 4. The second-order valence-corrected chi connectivity index (χ2v) is 6.92. The van der Waals surface area contributed by atoms with Gasteiger partial charge in [-0.15, -0.1) is 6.58 Å². The van der Waals surface area contributed by atoms with Gasteiger partial charge < -0.3 is 5.73 Å². The number of piperidine rings is 1. The number of amides is 1. The number of benzene rings is 1. The van der Waals surface area contributed by atoms with Crippen LogP contribution in [0.25, 0.3) is 0 Å². The predicted octanol–water partition coefficient (Wildman–Crippen LogP) is 4.69. The Kier molecular flexibility index (Phi) is 5.09. The van der Waals surface area contributed by atoms with E-state index in [1.165, 1.54) is 0 Å². The molecule has 1 aliphatic rings. The van der Waals surface area contributed by atoms with Crippen LogP contribution < -0.4 is 10.6 Å². The molecule has 0 spiro atoms. The van der Waals surface area contributed by atoms with Crippen LogP contribution in [0.4, 0.5) is 11.5 Å². The Morgan fingerprint density at radius 1 is 1.36 bits per heavy atom. The molecular formula is C20H22ClN3O. The molecule has 2 aromatic rings. The van der Waals surface area contributed by atoms with Crippen molar-refractivity contribution < 1.29 is 4.79 Å². The number of nitrogens with zero attached hydrogens (tertiary/aromatic N) is 2. The molecule has 0 saturated carbocycles. The van der Waals surface area contributed by atoms with E-state index in [2.05, 4.69) is 11.6 Å². The number of anilines is 2. The van der Waals surface area contributed by atoms with Crippen molar-refractivity contribution in [3.63, 3.8) is 0 Å². The van der Waals surface area contributed by atoms with E-state index in [0.29, 0.717) is 22.9 Å². The molecule has 25 heavy (non-hydrogen) atoms. The summed E-state index contributed by atoms with van der Waals surface area (Å²) >= 11 is 6.02. The molecule has 1 saturated heterocycles. The summed E-state index contributed by atoms with van der Waals surface area (Å²) in [5, 5.41) is 0.684. The highest BCUT2D eigenvalue weighted by Crippen LogP contribution is 2.39. The molecule has 0 bridgehead atoms. The summed E-state index contributed by atoms with van der Waals surface area (Å²) in [5.74, 6) is 0.708. The van der Waals surface area contributed by atoms with Gasteiger partial charge in [0.25, 0.3) is 0 Å². The summed E-state index contributed by atoms with van der Waals surface area (Å²) in [4.78, 5) is 19.5. The molecule has 1 amide bonds. The smallest absolute Gasteiger partial charge is 0.232 e. The van der Waals surface area contributed by atoms with Crippen LogP contribution in [-0.4, -0.2) is 10.9 Å². The van der Waals surface area contributed by atoms with Crippen molar-refractivity contribution >= 4 is 29.0 Å². The zero-order valence-corrected chi connectivity index (χ0v) is 15.0. The zero-order valence-electron chi connectivity index (χ0n) is 14.3. The molecule has 5 heteroatoms. The number of halogens is 1. The van der Waals surface area contributed by atoms with Crippen molar-refractivity contribution in [1.82, 2.24) is 4.98 Å². The van der Waals surface area contributed by atoms with Crippen molar-refractivity contribution in [2.75, 3.05) is 10.6 Å². The number of nitrogens with two attached hydrogens (primary N) is 1. The summed E-state index contributed by atoms with van der Waals surface area (Å²) < 4.78 is 0. The van der Waals surface area contributed by atoms with Crippen molar-refractivity contribution in [3.05, 3.63) is 65.3 Å². The SMILES string of the molecule is C=CCC1CC[C@@H](c2ccc(Cl)cc2)N(c2ncc(N)cc2C)C1=O. The van der Waals surface area contributed by atoms with Crippen LogP contribution in [0.3, 0.4) is 0 Å². The predicted molar refractivity (Wildman–Crippen MR) is 103 cm³/mol. The third kappa shape index (κ3) is 3.54. The Labute approximate surface area is 153 Å². The normalized spacial score (nSPS) is 20.6. The van der Waals surface area contributed by atoms with Gasteiger partial charge in [-0.1, -0.05) is 29.8 Å². The lowest BCUT2D eigenvalue weighted by Crippen LogP contribution is -2.44. The van der Waals surface area contributed by atoms with Gasteiger partial charge in [0.15, 0.2) is 0 Å². The lowest BCUT2D eigenvalue weighted by molar-refractivity contribution is -0.124. The highest BCUT2D eigenvalue weighted by molar-refractivity contribution is 6.30. The summed E-state index contributed by atoms with van der Waals surface area (Å²) in [7, 11) is 0. The molecule has 1 fully saturated rings. The van der Waals surface area contributed by atoms with Gasteiger partial charge in [0, 0.05) is 10.9 Å². The van der Waals surface area contributed by atoms with Gasteiger partial charge in [-0.05, 0) is 55.5 Å². The highest BCUT2D eigenvalue weighted by Gasteiger charge is 2.37. The molecule has 1 aliphatic heterocycles. The van der Waals surface area contributed by atoms with Gasteiger partial charge in [0.05, 0.1) is 17.9 Å². The van der Waals surface area contributed by atoms with Gasteiger partial charge >= 0.3 is 0 Å². The first-order chi connectivity index (χ1) is 12.0. The Bertz CT molecular complexity index is 788. The quantitative estimate of drug-likeness (QED) is 0.809. The first-order valence-electron chi connectivity index (χ1n) is 8.42. The van der Waals surface area contributed by atoms with Gasteiger partial charge in [-0.25, -0.2) is 4.98 Å². The molecule has 4 nitrogen and oxygen atoms in total. The van der Waals surface area contributed by atoms with Crippen molar-refractivity contribution in [2.24, 2.45) is 5.92 Å². The summed E-state index contributed by atoms with van der Waals surface area (Å²) in [6, 6.07) is 9.48. The lowest BCUT2D eigenvalue weighted by atomic mass is 9.86. The Balaban J connectivity index is 2.05. The molecule has 1 unspecified atom stereocenters. The topological polar surface area (TPSA) is 59.2 Å². The third-order valence-electron chi connectivity index (χ3n) is 4.69. The molecule has 1 aromatic heterocycles. The number of aryl methyl sites for hydroxylation is 1. The van der Waals surface area contributed by atoms with Crippen molar-refractivity contribution in [1.29, 1.82) is 0 Å². The maximum absolute atomic E-state index is 13.2. The Morgan fingerprint density at radius 2 is 2.08 bits per heavy atom. The van der Waals surface area contributed by atoms with Crippen LogP contribution in [0.1, 0.15) is 36.4 Å². The molecule has 1 aromatic carbocycles. The summed E-state index contributed by atoms with van der Waals surface area (Å²) in [6.45, 7) is 5.72. The average molecular weight is 356 g/mol. The molecule has 3 rings (SSSR count). The van der Waals surface area contributed by atoms with Crippen LogP contribution >= 0.6 is 11.6 Å². The van der Waals surface area contributed by atoms with E-state index in [9.17, 15) is 4.79 Å². The van der Waals surface area contributed by atoms with E-state index < -0.39 is 0 Å². The van der Waals surface area contributed by atoms with Crippen molar-refractivity contribution in [2.45, 2.75) is 32.2 Å². The minimum Gasteiger partial charge on any atom is -0.397 e. The fourth-order valence-electron chi connectivity index (χ4n) is 3.48. The van der Waals surface area contributed by atoms with Crippen LogP contribution in [0.5, 0.6) is 0 Å². The maximum Gasteiger partial charge on any atom is 0.232 e. The number of aromatic nitrogens is 1. The van der Waals surface area contributed by atoms with Crippen LogP contribution in [0.2, 0.25) is 5.02 Å². The first kappa shape index (κ1) is 17.5. The maximum atomic E-state index is 13.2. The van der Waals surface area contributed by atoms with Gasteiger partial charge in [-0.2, -0.15) is 0 Å². The number of allylic oxidation sites excluding steroid dienone is 1. The van der Waals surface area contributed by atoms with Crippen molar-refractivity contribution in [3.8, 4) is 0 Å². The molecule has 0 aliphatic carbocycles. The molecule has 2 atom stereocenters. The summed E-state index contributed by atoms with van der Waals surface area (Å²) in [5.41, 5.74) is 8.39. The standard InChI is InChI=1S/C20H22ClN3O/c1-3-4-15-7-10-18(14-5-8-16(21)9-6-14)24(20(15)25)19-13(2)11-17(22)12-23-19/h3,5-6,8-9,11-12,15,18H,1,4,7,10,22H2,2H3/t15?,18-/m0/s1. The number of carbonyl (C=O) groups is 1.